The number of nitrogens with one attached hydrogen (secondary N) is 4. The van der Waals surface area contributed by atoms with Crippen molar-refractivity contribution < 1.29 is 102 Å². The highest BCUT2D eigenvalue weighted by Crippen LogP contribution is 2.28. The lowest BCUT2D eigenvalue weighted by Crippen LogP contribution is -2.60. The van der Waals surface area contributed by atoms with Crippen LogP contribution in [-0.2, 0) is 97.4 Å². The van der Waals surface area contributed by atoms with Gasteiger partial charge in [0.25, 0.3) is 0 Å². The molecule has 0 saturated heterocycles. The van der Waals surface area contributed by atoms with Gasteiger partial charge in [-0.1, -0.05) is 17.4 Å². The normalized spacial score (nSPS) is 19.2. The van der Waals surface area contributed by atoms with Gasteiger partial charge in [0, 0.05) is 71.9 Å². The average Bonchev–Trinajstić information content (AvgIpc) is 1.19. The van der Waals surface area contributed by atoms with E-state index >= 15 is 0 Å². The highest BCUT2D eigenvalue weighted by Gasteiger charge is 2.47. The summed E-state index contributed by atoms with van der Waals surface area (Å²) in [5, 5.41) is 87.8. The molecule has 0 saturated carbocycles. The van der Waals surface area contributed by atoms with Crippen LogP contribution in [0, 0.1) is 0 Å². The zero-order chi connectivity index (χ0) is 66.1. The minimum absolute atomic E-state index is 0.0171. The summed E-state index contributed by atoms with van der Waals surface area (Å²) in [5.41, 5.74) is 23.2. The number of ether oxygens (including phenoxy) is 8. The van der Waals surface area contributed by atoms with E-state index in [0.717, 1.165) is 32.4 Å². The van der Waals surface area contributed by atoms with Crippen LogP contribution in [-0.4, -0.2) is 285 Å². The average molecular weight is 1280 g/mol. The van der Waals surface area contributed by atoms with Gasteiger partial charge < -0.3 is 118 Å². The van der Waals surface area contributed by atoms with Crippen LogP contribution in [0.5, 0.6) is 0 Å². The Morgan fingerprint density at radius 1 is 0.633 bits per heavy atom. The Hall–Kier alpha value is -8.21. The van der Waals surface area contributed by atoms with Crippen LogP contribution in [0.3, 0.4) is 0 Å². The topological polar surface area (TPSA) is 556 Å². The third-order valence-corrected chi connectivity index (χ3v) is 13.0. The van der Waals surface area contributed by atoms with Crippen molar-refractivity contribution >= 4 is 53.4 Å². The Balaban J connectivity index is 1.33. The summed E-state index contributed by atoms with van der Waals surface area (Å²) in [5.74, 6) is -8.11. The lowest BCUT2D eigenvalue weighted by Gasteiger charge is -2.40. The molecule has 18 N–H and O–H groups in total. The molecule has 0 aromatic carbocycles. The fourth-order valence-electron chi connectivity index (χ4n) is 8.91. The van der Waals surface area contributed by atoms with Crippen molar-refractivity contribution in [2.75, 3.05) is 105 Å². The monoisotopic (exact) mass is 1280 g/mol. The van der Waals surface area contributed by atoms with Crippen molar-refractivity contribution in [3.05, 3.63) is 47.5 Å². The maximum Gasteiger partial charge on any atom is 0.370 e. The van der Waals surface area contributed by atoms with E-state index in [1.807, 2.05) is 6.92 Å². The molecule has 2 aliphatic heterocycles. The van der Waals surface area contributed by atoms with E-state index in [9.17, 15) is 64.2 Å². The summed E-state index contributed by atoms with van der Waals surface area (Å²) in [6.07, 6.45) is -3.06. The standard InChI is InChI=1S/C52H85N17O21/c1-4-14-83-16-18-85-20-21-86-19-17-84-15-7-42(78)67(10-12-68-24-32(63-65-68)5-8-57-40(76)28-87-45(36(74)26-70)47-43(59-30(2)72)34(61-51(53)54)22-38(89-47)49(79)80)11-13-69-25-33(64-66-69)6-9-58-41(77)29-88-46(37(75)27-71)48-44(60-31(3)73)35(62-52(55)56)23-39(90-48)50(81)82/h22-25,34-37,43-48,70-71,74-75H,4-21,26-29H2,1-3H3,(H,57,76)(H,58,77)(H,59,72)(H,60,73)(H,79,80)(H,81,82)(H4,53,54,61)(H4,55,56,62)/t34-,35-,36+,37+,43+,44+,45+,46+,47+,48+/m0/s1. The minimum Gasteiger partial charge on any atom is -0.478 e. The second-order valence-electron chi connectivity index (χ2n) is 20.2. The summed E-state index contributed by atoms with van der Waals surface area (Å²) in [4.78, 5) is 97.6. The lowest BCUT2D eigenvalue weighted by molar-refractivity contribution is -0.158. The van der Waals surface area contributed by atoms with Gasteiger partial charge in [0.15, 0.2) is 24.1 Å². The van der Waals surface area contributed by atoms with E-state index in [-0.39, 0.29) is 84.3 Å². The van der Waals surface area contributed by atoms with Crippen LogP contribution in [0.25, 0.3) is 0 Å². The molecule has 0 unspecified atom stereocenters. The van der Waals surface area contributed by atoms with Crippen molar-refractivity contribution in [3.8, 4) is 0 Å². The fraction of sp³-hybridized carbons (Fsp3) is 0.673. The molecule has 0 aliphatic carbocycles. The Labute approximate surface area is 516 Å². The summed E-state index contributed by atoms with van der Waals surface area (Å²) >= 11 is 0. The molecule has 0 bridgehead atoms. The molecular weight excluding hydrogens is 1200 g/mol. The number of carboxylic acids is 2. The van der Waals surface area contributed by atoms with Crippen molar-refractivity contribution in [2.45, 2.75) is 120 Å². The highest BCUT2D eigenvalue weighted by molar-refractivity contribution is 5.86. The Morgan fingerprint density at radius 3 is 1.38 bits per heavy atom. The molecule has 38 nitrogen and oxygen atoms in total. The van der Waals surface area contributed by atoms with Gasteiger partial charge in [-0.05, 0) is 18.6 Å². The van der Waals surface area contributed by atoms with Crippen molar-refractivity contribution in [1.29, 1.82) is 0 Å². The third-order valence-electron chi connectivity index (χ3n) is 13.0. The summed E-state index contributed by atoms with van der Waals surface area (Å²) in [7, 11) is 0. The smallest absolute Gasteiger partial charge is 0.370 e. The number of carbonyl (C=O) groups is 7. The maximum atomic E-state index is 13.7. The molecule has 5 amide bonds. The number of nitrogens with two attached hydrogens (primary N) is 4. The number of nitrogens with zero attached hydrogens (tertiary/aromatic N) is 9. The molecule has 2 aliphatic rings. The van der Waals surface area contributed by atoms with Gasteiger partial charge in [-0.3, -0.25) is 33.3 Å². The summed E-state index contributed by atoms with van der Waals surface area (Å²) in [6.45, 7) is 4.80. The van der Waals surface area contributed by atoms with Crippen LogP contribution < -0.4 is 44.2 Å². The minimum atomic E-state index is -1.74. The van der Waals surface area contributed by atoms with Gasteiger partial charge in [-0.2, -0.15) is 0 Å². The van der Waals surface area contributed by atoms with Crippen molar-refractivity contribution in [2.24, 2.45) is 32.9 Å². The number of aliphatic carboxylic acids is 2. The van der Waals surface area contributed by atoms with E-state index in [1.165, 1.54) is 9.36 Å². The number of rotatable bonds is 44. The van der Waals surface area contributed by atoms with Crippen LogP contribution in [0.15, 0.2) is 46.0 Å². The Bertz CT molecular complexity index is 2560. The van der Waals surface area contributed by atoms with E-state index in [2.05, 4.69) is 51.9 Å². The van der Waals surface area contributed by atoms with E-state index in [4.69, 9.17) is 60.8 Å². The summed E-state index contributed by atoms with van der Waals surface area (Å²) < 4.78 is 47.7. The Kier molecular flexibility index (Phi) is 32.8. The molecule has 38 heteroatoms. The van der Waals surface area contributed by atoms with Crippen LogP contribution in [0.4, 0.5) is 0 Å². The molecule has 2 aromatic rings. The number of carbonyl (C=O) groups excluding carboxylic acids is 5. The Morgan fingerprint density at radius 2 is 1.02 bits per heavy atom. The van der Waals surface area contributed by atoms with Gasteiger partial charge in [0.2, 0.25) is 41.1 Å². The molecule has 504 valence electrons. The molecule has 2 aromatic heterocycles. The van der Waals surface area contributed by atoms with Crippen LogP contribution in [0.1, 0.15) is 45.0 Å². The first kappa shape index (κ1) is 74.3. The molecule has 90 heavy (non-hydrogen) atoms. The molecule has 0 fully saturated rings. The highest BCUT2D eigenvalue weighted by atomic mass is 16.6. The quantitative estimate of drug-likeness (QED) is 0.0166. The number of aliphatic hydroxyl groups excluding tert-OH is 4. The number of carboxylic acid groups (broad SMARTS) is 2. The number of amides is 5. The number of aliphatic imine (C=N–C) groups is 2. The largest absolute Gasteiger partial charge is 0.478 e. The van der Waals surface area contributed by atoms with Gasteiger partial charge in [-0.25, -0.2) is 19.6 Å². The first-order valence-electron chi connectivity index (χ1n) is 28.7. The molecule has 0 spiro atoms. The predicted octanol–water partition coefficient (Wildman–Crippen LogP) is -7.91. The van der Waals surface area contributed by atoms with Gasteiger partial charge >= 0.3 is 11.9 Å². The van der Waals surface area contributed by atoms with Gasteiger partial charge in [-0.15, -0.1) is 10.2 Å². The van der Waals surface area contributed by atoms with Crippen LogP contribution in [0.2, 0.25) is 0 Å². The number of hydrogen-bond donors (Lipinski definition) is 14. The molecule has 4 rings (SSSR count). The SMILES string of the molecule is CCCOCCOCCOCCOCCC(=O)N(CCn1cc(CCNC(=O)CO[C@@H]([C@@H]2OC(C(=O)O)=C[C@H](N=C(N)N)[C@H]2NC(C)=O)[C@H](O)CO)nn1)CCn1cc(CCNC(=O)CO[C@@H]([C@@H]2OC(C(=O)O)=C[C@H](N=C(N)N)[C@H]2NC(C)=O)[C@H](O)CO)nn1. The maximum absolute atomic E-state index is 13.7. The van der Waals surface area contributed by atoms with E-state index in [0.29, 0.717) is 44.4 Å². The van der Waals surface area contributed by atoms with Crippen LogP contribution >= 0.6 is 0 Å². The van der Waals surface area contributed by atoms with Gasteiger partial charge in [0.05, 0.1) is 115 Å². The first-order valence-corrected chi connectivity index (χ1v) is 28.7. The predicted molar refractivity (Wildman–Crippen MR) is 309 cm³/mol. The molecular formula is C52H85N17O21. The molecule has 0 radical (unpaired) electrons. The molecule has 10 atom stereocenters. The number of guanidine groups is 2. The first-order chi connectivity index (χ1) is 43.0. The van der Waals surface area contributed by atoms with E-state index in [1.54, 1.807) is 17.3 Å². The van der Waals surface area contributed by atoms with Gasteiger partial charge in [0.1, 0.15) is 37.6 Å². The number of hydrogen-bond acceptors (Lipinski definition) is 25. The van der Waals surface area contributed by atoms with Crippen molar-refractivity contribution in [1.82, 2.24) is 56.2 Å². The number of aliphatic hydroxyl groups is 4. The fourth-order valence-corrected chi connectivity index (χ4v) is 8.91. The second-order valence-corrected chi connectivity index (χ2v) is 20.2. The number of aromatic nitrogens is 6. The zero-order valence-corrected chi connectivity index (χ0v) is 50.3. The van der Waals surface area contributed by atoms with E-state index < -0.39 is 146 Å². The third kappa shape index (κ3) is 26.5. The second kappa shape index (κ2) is 39.7. The molecule has 4 heterocycles. The zero-order valence-electron chi connectivity index (χ0n) is 50.3. The van der Waals surface area contributed by atoms with Crippen molar-refractivity contribution in [3.63, 3.8) is 0 Å². The lowest BCUT2D eigenvalue weighted by atomic mass is 9.92. The summed E-state index contributed by atoms with van der Waals surface area (Å²) in [6, 6.07) is -4.86.